The normalized spacial score (nSPS) is 13.2. The molecule has 0 amide bonds. The molecule has 0 aliphatic heterocycles. The lowest BCUT2D eigenvalue weighted by atomic mass is 10.2. The molecule has 2 nitrogen and oxygen atoms in total. The zero-order valence-corrected chi connectivity index (χ0v) is 20.9. The van der Waals surface area contributed by atoms with Crippen molar-refractivity contribution in [3.63, 3.8) is 0 Å². The summed E-state index contributed by atoms with van der Waals surface area (Å²) in [6.07, 6.45) is 0.960. The first-order valence-electron chi connectivity index (χ1n) is 11.3. The molecule has 0 unspecified atom stereocenters. The van der Waals surface area contributed by atoms with Crippen molar-refractivity contribution >= 4 is 37.5 Å². The Hall–Kier alpha value is -2.34. The Kier molecular flexibility index (Phi) is 8.81. The van der Waals surface area contributed by atoms with E-state index in [0.717, 1.165) is 6.42 Å². The summed E-state index contributed by atoms with van der Waals surface area (Å²) < 4.78 is 13.4. The molecule has 0 saturated carbocycles. The molecule has 0 aliphatic rings. The molecule has 0 heterocycles. The minimum atomic E-state index is -0.879. The molecule has 0 aliphatic carbocycles. The largest absolute Gasteiger partial charge is 0.347 e. The van der Waals surface area contributed by atoms with Gasteiger partial charge in [0.2, 0.25) is 0 Å². The van der Waals surface area contributed by atoms with E-state index in [1.165, 1.54) is 21.2 Å². The van der Waals surface area contributed by atoms with Gasteiger partial charge in [-0.1, -0.05) is 121 Å². The van der Waals surface area contributed by atoms with E-state index in [9.17, 15) is 0 Å². The fourth-order valence-corrected chi connectivity index (χ4v) is 7.46. The third kappa shape index (κ3) is 6.83. The summed E-state index contributed by atoms with van der Waals surface area (Å²) in [5.74, 6) is 0. The quantitative estimate of drug-likeness (QED) is 0.253. The van der Waals surface area contributed by atoms with Gasteiger partial charge >= 0.3 is 0 Å². The van der Waals surface area contributed by atoms with Crippen LogP contribution in [-0.2, 0) is 9.05 Å². The predicted octanol–water partition coefficient (Wildman–Crippen LogP) is 6.28. The molecule has 168 valence electrons. The van der Waals surface area contributed by atoms with E-state index >= 15 is 0 Å². The van der Waals surface area contributed by atoms with Crippen molar-refractivity contribution in [2.24, 2.45) is 0 Å². The number of benzene rings is 4. The summed E-state index contributed by atoms with van der Waals surface area (Å²) in [6.45, 7) is 4.32. The minimum Gasteiger partial charge on any atom is -0.347 e. The monoisotopic (exact) mass is 472 g/mol. The van der Waals surface area contributed by atoms with Crippen LogP contribution in [0.3, 0.4) is 0 Å². The van der Waals surface area contributed by atoms with Gasteiger partial charge in [-0.2, -0.15) is 0 Å². The van der Waals surface area contributed by atoms with E-state index in [0.29, 0.717) is 0 Å². The molecule has 2 atom stereocenters. The van der Waals surface area contributed by atoms with E-state index < -0.39 is 16.3 Å². The molecule has 33 heavy (non-hydrogen) atoms. The molecule has 0 N–H and O–H groups in total. The first-order valence-corrected chi connectivity index (χ1v) is 13.9. The zero-order valence-electron chi connectivity index (χ0n) is 19.1. The molecule has 4 heteroatoms. The third-order valence-corrected chi connectivity index (χ3v) is 9.41. The summed E-state index contributed by atoms with van der Waals surface area (Å²) in [6, 6.07) is 42.2. The van der Waals surface area contributed by atoms with Gasteiger partial charge in [-0.05, 0) is 20.3 Å². The predicted molar refractivity (Wildman–Crippen MR) is 144 cm³/mol. The van der Waals surface area contributed by atoms with E-state index in [1.54, 1.807) is 0 Å². The lowest BCUT2D eigenvalue weighted by Crippen LogP contribution is -2.23. The number of hydrogen-bond acceptors (Lipinski definition) is 2. The van der Waals surface area contributed by atoms with Gasteiger partial charge in [0, 0.05) is 21.2 Å². The van der Waals surface area contributed by atoms with Crippen molar-refractivity contribution in [2.45, 2.75) is 32.5 Å². The van der Waals surface area contributed by atoms with Gasteiger partial charge in [0.1, 0.15) is 0 Å². The van der Waals surface area contributed by atoms with Gasteiger partial charge in [-0.3, -0.25) is 0 Å². The van der Waals surface area contributed by atoms with Gasteiger partial charge in [-0.15, -0.1) is 0 Å². The average Bonchev–Trinajstić information content (AvgIpc) is 2.88. The highest BCUT2D eigenvalue weighted by atomic mass is 31.1. The second-order valence-corrected chi connectivity index (χ2v) is 11.7. The van der Waals surface area contributed by atoms with Gasteiger partial charge in [-0.25, -0.2) is 0 Å². The lowest BCUT2D eigenvalue weighted by Gasteiger charge is -2.27. The summed E-state index contributed by atoms with van der Waals surface area (Å²) >= 11 is 0. The van der Waals surface area contributed by atoms with Gasteiger partial charge < -0.3 is 9.05 Å². The number of rotatable bonds is 10. The maximum atomic E-state index is 6.68. The molecule has 0 spiro atoms. The van der Waals surface area contributed by atoms with Crippen LogP contribution in [0.1, 0.15) is 20.3 Å². The Morgan fingerprint density at radius 2 is 0.697 bits per heavy atom. The Bertz CT molecular complexity index is 908. The van der Waals surface area contributed by atoms with Crippen LogP contribution in [0.4, 0.5) is 0 Å². The molecular weight excluding hydrogens is 442 g/mol. The van der Waals surface area contributed by atoms with Gasteiger partial charge in [0.25, 0.3) is 0 Å². The van der Waals surface area contributed by atoms with Crippen molar-refractivity contribution in [3.8, 4) is 0 Å². The van der Waals surface area contributed by atoms with Crippen molar-refractivity contribution in [3.05, 3.63) is 121 Å². The van der Waals surface area contributed by atoms with Crippen molar-refractivity contribution in [2.75, 3.05) is 0 Å². The fraction of sp³-hybridized carbons (Fsp3) is 0.172. The van der Waals surface area contributed by atoms with Gasteiger partial charge in [0.15, 0.2) is 0 Å². The van der Waals surface area contributed by atoms with Crippen LogP contribution in [0.2, 0.25) is 0 Å². The van der Waals surface area contributed by atoms with Crippen LogP contribution in [0.25, 0.3) is 0 Å². The SMILES string of the molecule is C[C@H](C[C@@H](C)OP(c1ccccc1)c1ccccc1)OP(c1ccccc1)c1ccccc1. The Balaban J connectivity index is 1.47. The second kappa shape index (κ2) is 12.2. The molecule has 0 fully saturated rings. The second-order valence-electron chi connectivity index (χ2n) is 8.00. The molecule has 0 aromatic heterocycles. The van der Waals surface area contributed by atoms with Gasteiger partial charge in [0.05, 0.1) is 28.5 Å². The molecule has 4 aromatic rings. The summed E-state index contributed by atoms with van der Waals surface area (Å²) in [5.41, 5.74) is 0. The summed E-state index contributed by atoms with van der Waals surface area (Å²) in [5, 5.41) is 4.93. The van der Waals surface area contributed by atoms with Crippen LogP contribution in [0.5, 0.6) is 0 Å². The first kappa shape index (κ1) is 23.8. The average molecular weight is 473 g/mol. The van der Waals surface area contributed by atoms with E-state index in [-0.39, 0.29) is 12.2 Å². The molecule has 0 radical (unpaired) electrons. The highest BCUT2D eigenvalue weighted by Crippen LogP contribution is 2.40. The van der Waals surface area contributed by atoms with Crippen molar-refractivity contribution in [1.82, 2.24) is 0 Å². The lowest BCUT2D eigenvalue weighted by molar-refractivity contribution is 0.155. The molecule has 0 bridgehead atoms. The van der Waals surface area contributed by atoms with Crippen LogP contribution in [0, 0.1) is 0 Å². The highest BCUT2D eigenvalue weighted by molar-refractivity contribution is 7.68. The molecule has 4 aromatic carbocycles. The van der Waals surface area contributed by atoms with Crippen molar-refractivity contribution in [1.29, 1.82) is 0 Å². The maximum Gasteiger partial charge on any atom is 0.0921 e. The van der Waals surface area contributed by atoms with Crippen molar-refractivity contribution < 1.29 is 9.05 Å². The molecule has 0 saturated heterocycles. The van der Waals surface area contributed by atoms with E-state index in [4.69, 9.17) is 9.05 Å². The van der Waals surface area contributed by atoms with Crippen LogP contribution in [0.15, 0.2) is 121 Å². The standard InChI is InChI=1S/C29H30O2P2/c1-24(30-32(26-15-7-3-8-16-26)27-17-9-4-10-18-27)23-25(2)31-33(28-19-11-5-12-20-28)29-21-13-6-14-22-29/h3-22,24-25H,23H2,1-2H3/t24-,25-/m1/s1. The smallest absolute Gasteiger partial charge is 0.0921 e. The topological polar surface area (TPSA) is 18.5 Å². The van der Waals surface area contributed by atoms with Crippen LogP contribution < -0.4 is 21.2 Å². The molecule has 4 rings (SSSR count). The maximum absolute atomic E-state index is 6.68. The number of hydrogen-bond donors (Lipinski definition) is 0. The Morgan fingerprint density at radius 3 is 0.939 bits per heavy atom. The Morgan fingerprint density at radius 1 is 0.455 bits per heavy atom. The Labute approximate surface area is 200 Å². The van der Waals surface area contributed by atoms with Crippen LogP contribution in [-0.4, -0.2) is 12.2 Å². The van der Waals surface area contributed by atoms with Crippen LogP contribution >= 0.6 is 16.3 Å². The fourth-order valence-electron chi connectivity index (χ4n) is 3.71. The third-order valence-electron chi connectivity index (χ3n) is 5.20. The zero-order chi connectivity index (χ0) is 22.9. The van der Waals surface area contributed by atoms with E-state index in [2.05, 4.69) is 135 Å². The summed E-state index contributed by atoms with van der Waals surface area (Å²) in [7, 11) is -1.76. The minimum absolute atomic E-state index is 0.0647. The highest BCUT2D eigenvalue weighted by Gasteiger charge is 2.23. The van der Waals surface area contributed by atoms with E-state index in [1.807, 2.05) is 0 Å². The summed E-state index contributed by atoms with van der Waals surface area (Å²) in [4.78, 5) is 0. The first-order chi connectivity index (χ1) is 16.2. The molecular formula is C29H30O2P2.